The van der Waals surface area contributed by atoms with E-state index < -0.39 is 5.97 Å². The Kier molecular flexibility index (Phi) is 5.62. The van der Waals surface area contributed by atoms with Crippen LogP contribution in [-0.2, 0) is 4.79 Å². The molecule has 1 aromatic heterocycles. The molecule has 6 heteroatoms. The number of anilines is 2. The lowest BCUT2D eigenvalue weighted by molar-refractivity contribution is -0.114. The second-order valence-corrected chi connectivity index (χ2v) is 6.92. The summed E-state index contributed by atoms with van der Waals surface area (Å²) >= 11 is 1.30. The number of carbonyl (C=O) groups excluding carboxylic acids is 1. The summed E-state index contributed by atoms with van der Waals surface area (Å²) in [7, 11) is 0. The minimum Gasteiger partial charge on any atom is -0.478 e. The Bertz CT molecular complexity index is 768. The zero-order valence-electron chi connectivity index (χ0n) is 14.3. The molecule has 0 atom stereocenters. The van der Waals surface area contributed by atoms with Crippen LogP contribution in [0.25, 0.3) is 0 Å². The van der Waals surface area contributed by atoms with Gasteiger partial charge in [0, 0.05) is 17.1 Å². The Balaban J connectivity index is 2.15. The van der Waals surface area contributed by atoms with Gasteiger partial charge in [-0.05, 0) is 51.0 Å². The van der Waals surface area contributed by atoms with Crippen molar-refractivity contribution in [3.63, 3.8) is 0 Å². The van der Waals surface area contributed by atoms with Gasteiger partial charge in [-0.2, -0.15) is 0 Å². The van der Waals surface area contributed by atoms with Gasteiger partial charge in [-0.15, -0.1) is 11.3 Å². The highest BCUT2D eigenvalue weighted by molar-refractivity contribution is 7.16. The fourth-order valence-electron chi connectivity index (χ4n) is 2.52. The molecule has 0 aliphatic carbocycles. The number of nitrogens with one attached hydrogen (secondary N) is 1. The standard InChI is InChI=1S/C18H22N2O3S/c1-5-20(14-8-6-7-11(2)9-14)10-15(21)19-17-16(18(22)23)12(3)13(4)24-17/h6-9H,5,10H2,1-4H3,(H,19,21)(H,22,23). The van der Waals surface area contributed by atoms with E-state index in [-0.39, 0.29) is 18.0 Å². The smallest absolute Gasteiger partial charge is 0.338 e. The molecule has 128 valence electrons. The summed E-state index contributed by atoms with van der Waals surface area (Å²) in [6.45, 7) is 8.47. The van der Waals surface area contributed by atoms with Crippen LogP contribution < -0.4 is 10.2 Å². The Hall–Kier alpha value is -2.34. The van der Waals surface area contributed by atoms with Gasteiger partial charge >= 0.3 is 5.97 Å². The number of carbonyl (C=O) groups is 2. The Morgan fingerprint density at radius 1 is 1.25 bits per heavy atom. The number of amides is 1. The van der Waals surface area contributed by atoms with Gasteiger partial charge in [0.1, 0.15) is 5.00 Å². The summed E-state index contributed by atoms with van der Waals surface area (Å²) in [5.41, 5.74) is 2.99. The SMILES string of the molecule is CCN(CC(=O)Nc1sc(C)c(C)c1C(=O)O)c1cccc(C)c1. The van der Waals surface area contributed by atoms with E-state index in [1.807, 2.05) is 49.9 Å². The summed E-state index contributed by atoms with van der Waals surface area (Å²) in [6.07, 6.45) is 0. The second-order valence-electron chi connectivity index (χ2n) is 5.69. The first-order valence-corrected chi connectivity index (χ1v) is 8.59. The number of aryl methyl sites for hydroxylation is 2. The highest BCUT2D eigenvalue weighted by Crippen LogP contribution is 2.32. The molecule has 1 aromatic carbocycles. The molecule has 1 heterocycles. The molecule has 0 bridgehead atoms. The second kappa shape index (κ2) is 7.49. The van der Waals surface area contributed by atoms with E-state index in [2.05, 4.69) is 5.32 Å². The predicted octanol–water partition coefficient (Wildman–Crippen LogP) is 3.84. The third-order valence-corrected chi connectivity index (χ3v) is 5.06. The lowest BCUT2D eigenvalue weighted by Gasteiger charge is -2.22. The molecule has 0 radical (unpaired) electrons. The molecule has 0 saturated heterocycles. The van der Waals surface area contributed by atoms with Crippen molar-refractivity contribution in [1.82, 2.24) is 0 Å². The number of thiophene rings is 1. The van der Waals surface area contributed by atoms with Gasteiger partial charge in [-0.25, -0.2) is 4.79 Å². The van der Waals surface area contributed by atoms with Crippen LogP contribution in [0.15, 0.2) is 24.3 Å². The molecular weight excluding hydrogens is 324 g/mol. The lowest BCUT2D eigenvalue weighted by Crippen LogP contribution is -2.33. The molecule has 0 saturated carbocycles. The Morgan fingerprint density at radius 2 is 1.96 bits per heavy atom. The van der Waals surface area contributed by atoms with Gasteiger partial charge in [-0.1, -0.05) is 12.1 Å². The van der Waals surface area contributed by atoms with Gasteiger partial charge in [0.2, 0.25) is 5.91 Å². The molecule has 1 amide bonds. The number of nitrogens with zero attached hydrogens (tertiary/aromatic N) is 1. The molecule has 5 nitrogen and oxygen atoms in total. The molecule has 0 aliphatic heterocycles. The summed E-state index contributed by atoms with van der Waals surface area (Å²) in [4.78, 5) is 26.7. The number of hydrogen-bond donors (Lipinski definition) is 2. The number of carboxylic acids is 1. The van der Waals surface area contributed by atoms with Crippen LogP contribution in [0.1, 0.15) is 33.3 Å². The van der Waals surface area contributed by atoms with Crippen LogP contribution in [-0.4, -0.2) is 30.1 Å². The summed E-state index contributed by atoms with van der Waals surface area (Å²) in [5, 5.41) is 12.5. The van der Waals surface area contributed by atoms with Gasteiger partial charge in [0.15, 0.2) is 0 Å². The Morgan fingerprint density at radius 3 is 2.54 bits per heavy atom. The molecule has 0 aliphatic rings. The van der Waals surface area contributed by atoms with Crippen LogP contribution in [0.4, 0.5) is 10.7 Å². The monoisotopic (exact) mass is 346 g/mol. The highest BCUT2D eigenvalue weighted by atomic mass is 32.1. The number of hydrogen-bond acceptors (Lipinski definition) is 4. The summed E-state index contributed by atoms with van der Waals surface area (Å²) in [5.74, 6) is -1.24. The summed E-state index contributed by atoms with van der Waals surface area (Å²) in [6, 6.07) is 7.96. The Labute approximate surface area is 145 Å². The summed E-state index contributed by atoms with van der Waals surface area (Å²) < 4.78 is 0. The maximum absolute atomic E-state index is 12.4. The van der Waals surface area contributed by atoms with E-state index in [0.29, 0.717) is 17.1 Å². The molecule has 0 spiro atoms. The van der Waals surface area contributed by atoms with E-state index in [0.717, 1.165) is 16.1 Å². The topological polar surface area (TPSA) is 69.6 Å². The zero-order valence-corrected chi connectivity index (χ0v) is 15.2. The van der Waals surface area contributed by atoms with Gasteiger partial charge in [-0.3, -0.25) is 4.79 Å². The van der Waals surface area contributed by atoms with Gasteiger partial charge < -0.3 is 15.3 Å². The first kappa shape index (κ1) is 18.0. The number of carboxylic acid groups (broad SMARTS) is 1. The zero-order chi connectivity index (χ0) is 17.9. The molecule has 2 N–H and O–H groups in total. The number of rotatable bonds is 6. The van der Waals surface area contributed by atoms with E-state index >= 15 is 0 Å². The highest BCUT2D eigenvalue weighted by Gasteiger charge is 2.21. The van der Waals surface area contributed by atoms with Crippen molar-refractivity contribution < 1.29 is 14.7 Å². The van der Waals surface area contributed by atoms with Crippen LogP contribution in [0.5, 0.6) is 0 Å². The average molecular weight is 346 g/mol. The van der Waals surface area contributed by atoms with Crippen molar-refractivity contribution in [3.05, 3.63) is 45.8 Å². The quantitative estimate of drug-likeness (QED) is 0.834. The fraction of sp³-hybridized carbons (Fsp3) is 0.333. The largest absolute Gasteiger partial charge is 0.478 e. The molecule has 2 aromatic rings. The van der Waals surface area contributed by atoms with Crippen LogP contribution in [0.2, 0.25) is 0 Å². The molecular formula is C18H22N2O3S. The third-order valence-electron chi connectivity index (χ3n) is 3.94. The molecule has 0 unspecified atom stereocenters. The van der Waals surface area contributed by atoms with Gasteiger partial charge in [0.05, 0.1) is 12.1 Å². The minimum atomic E-state index is -1.02. The van der Waals surface area contributed by atoms with Crippen molar-refractivity contribution in [2.75, 3.05) is 23.3 Å². The minimum absolute atomic E-state index is 0.176. The van der Waals surface area contributed by atoms with Crippen LogP contribution >= 0.6 is 11.3 Å². The normalized spacial score (nSPS) is 10.5. The van der Waals surface area contributed by atoms with Crippen LogP contribution in [0.3, 0.4) is 0 Å². The van der Waals surface area contributed by atoms with Crippen molar-refractivity contribution in [2.45, 2.75) is 27.7 Å². The van der Waals surface area contributed by atoms with Crippen molar-refractivity contribution >= 4 is 33.9 Å². The molecule has 24 heavy (non-hydrogen) atoms. The van der Waals surface area contributed by atoms with Crippen molar-refractivity contribution in [1.29, 1.82) is 0 Å². The third kappa shape index (κ3) is 3.94. The maximum atomic E-state index is 12.4. The fourth-order valence-corrected chi connectivity index (χ4v) is 3.59. The number of likely N-dealkylation sites (N-methyl/N-ethyl adjacent to an activating group) is 1. The lowest BCUT2D eigenvalue weighted by atomic mass is 10.1. The van der Waals surface area contributed by atoms with Crippen LogP contribution in [0, 0.1) is 20.8 Å². The van der Waals surface area contributed by atoms with Gasteiger partial charge in [0.25, 0.3) is 0 Å². The number of aromatic carboxylic acids is 1. The maximum Gasteiger partial charge on any atom is 0.338 e. The first-order chi connectivity index (χ1) is 11.3. The van der Waals surface area contributed by atoms with E-state index in [9.17, 15) is 14.7 Å². The van der Waals surface area contributed by atoms with E-state index in [1.54, 1.807) is 6.92 Å². The molecule has 0 fully saturated rings. The van der Waals surface area contributed by atoms with Crippen molar-refractivity contribution in [3.8, 4) is 0 Å². The molecule has 2 rings (SSSR count). The first-order valence-electron chi connectivity index (χ1n) is 7.78. The average Bonchev–Trinajstić information content (AvgIpc) is 2.79. The predicted molar refractivity (Wildman–Crippen MR) is 98.4 cm³/mol. The van der Waals surface area contributed by atoms with E-state index in [4.69, 9.17) is 0 Å². The van der Waals surface area contributed by atoms with E-state index in [1.165, 1.54) is 11.3 Å². The van der Waals surface area contributed by atoms with Crippen molar-refractivity contribution in [2.24, 2.45) is 0 Å². The number of benzene rings is 1.